The summed E-state index contributed by atoms with van der Waals surface area (Å²) in [6.45, 7) is 7.01. The summed E-state index contributed by atoms with van der Waals surface area (Å²) in [7, 11) is -3.71. The van der Waals surface area contributed by atoms with Gasteiger partial charge in [0.15, 0.2) is 0 Å². The lowest BCUT2D eigenvalue weighted by Gasteiger charge is -2.14. The molecular weight excluding hydrogens is 756 g/mol. The van der Waals surface area contributed by atoms with Gasteiger partial charge in [-0.3, -0.25) is 14.7 Å². The zero-order chi connectivity index (χ0) is 38.0. The number of fused-ring (bicyclic) bond motifs is 1. The molecule has 1 aliphatic rings. The number of anilines is 2. The van der Waals surface area contributed by atoms with Crippen LogP contribution in [0.15, 0.2) is 16.9 Å². The van der Waals surface area contributed by atoms with Crippen LogP contribution < -0.4 is 31.3 Å². The second kappa shape index (κ2) is 22.7. The van der Waals surface area contributed by atoms with Gasteiger partial charge in [-0.1, -0.05) is 29.1 Å². The molecule has 1 aliphatic heterocycles. The molecule has 0 radical (unpaired) electrons. The first kappa shape index (κ1) is 45.0. The van der Waals surface area contributed by atoms with Crippen LogP contribution in [0.5, 0.6) is 5.75 Å². The lowest BCUT2D eigenvalue weighted by atomic mass is 10.2. The summed E-state index contributed by atoms with van der Waals surface area (Å²) >= 11 is 18.0. The van der Waals surface area contributed by atoms with Crippen molar-refractivity contribution in [3.8, 4) is 23.8 Å². The number of rotatable bonds is 11. The van der Waals surface area contributed by atoms with Crippen molar-refractivity contribution in [1.82, 2.24) is 34.6 Å². The summed E-state index contributed by atoms with van der Waals surface area (Å²) in [5.41, 5.74) is 0.229. The maximum Gasteiger partial charge on any atom is 0.350 e. The van der Waals surface area contributed by atoms with E-state index in [0.29, 0.717) is 50.8 Å². The number of halogens is 3. The molecule has 5 N–H and O–H groups in total. The highest BCUT2D eigenvalue weighted by molar-refractivity contribution is 7.94. The van der Waals surface area contributed by atoms with E-state index >= 15 is 0 Å². The number of carboxylic acid groups (broad SMARTS) is 1. The maximum absolute atomic E-state index is 12.5. The zero-order valence-corrected chi connectivity index (χ0v) is 32.6. The number of carbonyl (C=O) groups is 1. The largest absolute Gasteiger partial charge is 0.778 e. The summed E-state index contributed by atoms with van der Waals surface area (Å²) < 4.78 is 18.3. The van der Waals surface area contributed by atoms with Gasteiger partial charge in [-0.25, -0.2) is 4.79 Å². The van der Waals surface area contributed by atoms with Gasteiger partial charge in [-0.15, -0.1) is 11.5 Å². The average molecular weight is 799 g/mol. The first-order chi connectivity index (χ1) is 23.4. The molecule has 21 heteroatoms. The lowest BCUT2D eigenvalue weighted by molar-refractivity contribution is -0.193. The molecular formula is C29H43Cl3N9O7PS. The molecule has 3 aromatic rings. The number of aliphatic carboxylic acids is 1. The van der Waals surface area contributed by atoms with Gasteiger partial charge in [0.25, 0.3) is 0 Å². The van der Waals surface area contributed by atoms with Crippen LogP contribution in [0.2, 0.25) is 15.3 Å². The smallest absolute Gasteiger partial charge is 0.350 e. The molecule has 0 amide bonds. The van der Waals surface area contributed by atoms with E-state index in [0.717, 1.165) is 31.6 Å². The number of hydrogen-bond donors (Lipinski definition) is 5. The Kier molecular flexibility index (Phi) is 20.4. The average Bonchev–Trinajstić information content (AvgIpc) is 3.32. The van der Waals surface area contributed by atoms with Gasteiger partial charge in [0.05, 0.1) is 47.3 Å². The fourth-order valence-corrected chi connectivity index (χ4v) is 4.75. The van der Waals surface area contributed by atoms with E-state index < -0.39 is 26.4 Å². The molecule has 3 heterocycles. The minimum atomic E-state index is -4.35. The summed E-state index contributed by atoms with van der Waals surface area (Å²) in [6, 6.07) is 3.38. The number of benzene rings is 1. The third-order valence-electron chi connectivity index (χ3n) is 5.46. The quantitative estimate of drug-likeness (QED) is 0.107. The first-order valence-electron chi connectivity index (χ1n) is 15.0. The molecule has 1 aromatic carbocycles. The fraction of sp³-hybridized carbons (Fsp3) is 0.517. The Hall–Kier alpha value is -3.07. The SMILES string of the molecule is C#CCOc1cc(-n2nc3n(c2=O)CCCC3)c(Cl)cc1Cl.CCNc1nc(Cl)nc(NC(C)C)n1.C[S+](C)C.O=C(O)CNCP(=O)([O-])O. The second-order valence-electron chi connectivity index (χ2n) is 10.9. The molecule has 278 valence electrons. The van der Waals surface area contributed by atoms with Crippen molar-refractivity contribution in [2.24, 2.45) is 0 Å². The molecule has 50 heavy (non-hydrogen) atoms. The standard InChI is InChI=1S/C15H13Cl2N3O2.C8H14ClN5.C3H8NO5P.C3H9S/c1-2-7-22-13-9-12(10(16)8-11(13)17)20-15(21)19-6-4-3-5-14(19)18-20;1-4-10-7-12-6(9)13-8(14-7)11-5(2)3;5-3(6)1-4-2-10(7,8)9;1-4(2)3/h1,8-9H,3-7H2;5H,4H2,1-3H3,(H2,10,11,12,13,14);4H,1-2H2,(H,5,6)(H2,7,8,9);1-3H3/q;;;+1/p-1. The summed E-state index contributed by atoms with van der Waals surface area (Å²) in [6.07, 6.45) is 13.8. The fourth-order valence-electron chi connectivity index (χ4n) is 3.68. The van der Waals surface area contributed by atoms with E-state index in [2.05, 4.69) is 55.4 Å². The normalized spacial score (nSPS) is 12.8. The van der Waals surface area contributed by atoms with Crippen LogP contribution in [0.3, 0.4) is 0 Å². The number of terminal acetylenes is 1. The van der Waals surface area contributed by atoms with Crippen LogP contribution in [0, 0.1) is 12.3 Å². The Morgan fingerprint density at radius 1 is 1.16 bits per heavy atom. The van der Waals surface area contributed by atoms with E-state index in [9.17, 15) is 19.0 Å². The Morgan fingerprint density at radius 3 is 2.34 bits per heavy atom. The summed E-state index contributed by atoms with van der Waals surface area (Å²) in [5, 5.41) is 21.2. The highest BCUT2D eigenvalue weighted by Gasteiger charge is 2.20. The molecule has 0 saturated heterocycles. The van der Waals surface area contributed by atoms with E-state index in [4.69, 9.17) is 56.0 Å². The van der Waals surface area contributed by atoms with Crippen molar-refractivity contribution in [1.29, 1.82) is 0 Å². The van der Waals surface area contributed by atoms with Crippen molar-refractivity contribution in [3.63, 3.8) is 0 Å². The van der Waals surface area contributed by atoms with Gasteiger partial charge in [-0.2, -0.15) is 19.6 Å². The number of aryl methyl sites for hydroxylation is 1. The monoisotopic (exact) mass is 797 g/mol. The van der Waals surface area contributed by atoms with Gasteiger partial charge in [0.2, 0.25) is 17.2 Å². The molecule has 0 fully saturated rings. The number of nitrogens with zero attached hydrogens (tertiary/aromatic N) is 6. The third-order valence-corrected chi connectivity index (χ3v) is 6.85. The predicted octanol–water partition coefficient (Wildman–Crippen LogP) is 3.12. The van der Waals surface area contributed by atoms with Gasteiger partial charge < -0.3 is 34.8 Å². The molecule has 2 aromatic heterocycles. The Bertz CT molecular complexity index is 1680. The molecule has 0 saturated carbocycles. The van der Waals surface area contributed by atoms with E-state index in [1.807, 2.05) is 26.1 Å². The zero-order valence-electron chi connectivity index (χ0n) is 28.6. The lowest BCUT2D eigenvalue weighted by Crippen LogP contribution is -2.26. The Balaban J connectivity index is 0.000000384. The van der Waals surface area contributed by atoms with Crippen molar-refractivity contribution < 1.29 is 29.0 Å². The van der Waals surface area contributed by atoms with Crippen LogP contribution in [0.4, 0.5) is 11.9 Å². The minimum Gasteiger partial charge on any atom is -0.778 e. The highest BCUT2D eigenvalue weighted by Crippen LogP contribution is 2.32. The minimum absolute atomic E-state index is 0.0788. The number of nitrogens with one attached hydrogen (secondary N) is 3. The van der Waals surface area contributed by atoms with Gasteiger partial charge in [0, 0.05) is 31.6 Å². The predicted molar refractivity (Wildman–Crippen MR) is 198 cm³/mol. The third kappa shape index (κ3) is 17.7. The molecule has 0 spiro atoms. The molecule has 4 rings (SSSR count). The van der Waals surface area contributed by atoms with E-state index in [-0.39, 0.29) is 23.6 Å². The Labute approximate surface area is 309 Å². The van der Waals surface area contributed by atoms with Crippen molar-refractivity contribution in [2.45, 2.75) is 52.6 Å². The van der Waals surface area contributed by atoms with Crippen molar-refractivity contribution in [3.05, 3.63) is 43.8 Å². The summed E-state index contributed by atoms with van der Waals surface area (Å²) in [4.78, 5) is 52.2. The van der Waals surface area contributed by atoms with Crippen LogP contribution in [-0.4, -0.2) is 96.1 Å². The molecule has 16 nitrogen and oxygen atoms in total. The number of carboxylic acids is 1. The summed E-state index contributed by atoms with van der Waals surface area (Å²) in [5.74, 6) is 3.33. The van der Waals surface area contributed by atoms with Crippen molar-refractivity contribution >= 4 is 71.2 Å². The highest BCUT2D eigenvalue weighted by atomic mass is 35.5. The van der Waals surface area contributed by atoms with Gasteiger partial charge in [-0.05, 0) is 62.2 Å². The van der Waals surface area contributed by atoms with E-state index in [1.165, 1.54) is 10.7 Å². The first-order valence-corrected chi connectivity index (χ1v) is 20.3. The van der Waals surface area contributed by atoms with Crippen LogP contribution >= 0.6 is 42.4 Å². The number of hydrogen-bond acceptors (Lipinski definition) is 12. The van der Waals surface area contributed by atoms with Crippen LogP contribution in [0.25, 0.3) is 5.69 Å². The number of aromatic nitrogens is 6. The van der Waals surface area contributed by atoms with E-state index in [1.54, 1.807) is 10.6 Å². The molecule has 1 unspecified atom stereocenters. The number of ether oxygens (including phenoxy) is 1. The van der Waals surface area contributed by atoms with Crippen molar-refractivity contribution in [2.75, 3.05) is 55.4 Å². The topological polar surface area (TPSA) is 221 Å². The Morgan fingerprint density at radius 2 is 1.80 bits per heavy atom. The van der Waals surface area contributed by atoms with Gasteiger partial charge in [0.1, 0.15) is 25.8 Å². The molecule has 0 aliphatic carbocycles. The van der Waals surface area contributed by atoms with Gasteiger partial charge >= 0.3 is 11.7 Å². The van der Waals surface area contributed by atoms with Crippen LogP contribution in [-0.2, 0) is 33.2 Å². The second-order valence-corrected chi connectivity index (χ2v) is 16.1. The maximum atomic E-state index is 12.5. The molecule has 0 bridgehead atoms. The van der Waals surface area contributed by atoms with Crippen LogP contribution in [0.1, 0.15) is 39.4 Å². The molecule has 1 atom stereocenters.